The van der Waals surface area contributed by atoms with Crippen LogP contribution >= 0.6 is 27.3 Å². The highest BCUT2D eigenvalue weighted by Gasteiger charge is 2.22. The fraction of sp³-hybridized carbons (Fsp3) is 0.0769. The smallest absolute Gasteiger partial charge is 0.270 e. The van der Waals surface area contributed by atoms with Crippen molar-refractivity contribution < 1.29 is 4.79 Å². The lowest BCUT2D eigenvalue weighted by atomic mass is 10.3. The second-order valence-electron chi connectivity index (χ2n) is 4.00. The van der Waals surface area contributed by atoms with E-state index in [9.17, 15) is 4.79 Å². The van der Waals surface area contributed by atoms with Crippen molar-refractivity contribution in [3.63, 3.8) is 0 Å². The summed E-state index contributed by atoms with van der Waals surface area (Å²) >= 11 is 4.83. The van der Waals surface area contributed by atoms with E-state index in [0.29, 0.717) is 6.67 Å². The fourth-order valence-electron chi connectivity index (χ4n) is 1.76. The zero-order valence-corrected chi connectivity index (χ0v) is 12.3. The monoisotopic (exact) mass is 335 g/mol. The van der Waals surface area contributed by atoms with Crippen molar-refractivity contribution in [1.82, 2.24) is 4.90 Å². The van der Waals surface area contributed by atoms with Gasteiger partial charge >= 0.3 is 0 Å². The zero-order valence-electron chi connectivity index (χ0n) is 9.86. The van der Waals surface area contributed by atoms with Crippen molar-refractivity contribution in [2.75, 3.05) is 11.7 Å². The third kappa shape index (κ3) is 2.54. The SMILES string of the molecule is O=C(c1cccs1)N1C=NN(c2ccc(Br)cc2)C1. The molecule has 0 unspecified atom stereocenters. The van der Waals surface area contributed by atoms with Gasteiger partial charge in [0, 0.05) is 4.47 Å². The summed E-state index contributed by atoms with van der Waals surface area (Å²) in [4.78, 5) is 14.5. The van der Waals surface area contributed by atoms with Crippen LogP contribution in [0, 0.1) is 0 Å². The summed E-state index contributed by atoms with van der Waals surface area (Å²) in [5, 5.41) is 7.94. The number of hydrazone groups is 1. The number of carbonyl (C=O) groups excluding carboxylic acids is 1. The number of carbonyl (C=O) groups is 1. The van der Waals surface area contributed by atoms with Gasteiger partial charge in [-0.3, -0.25) is 9.69 Å². The quantitative estimate of drug-likeness (QED) is 0.843. The summed E-state index contributed by atoms with van der Waals surface area (Å²) in [6.07, 6.45) is 1.57. The number of halogens is 1. The predicted molar refractivity (Wildman–Crippen MR) is 80.5 cm³/mol. The molecule has 4 nitrogen and oxygen atoms in total. The van der Waals surface area contributed by atoms with Gasteiger partial charge in [0.05, 0.1) is 10.6 Å². The zero-order chi connectivity index (χ0) is 13.2. The Morgan fingerprint density at radius 1 is 1.26 bits per heavy atom. The summed E-state index contributed by atoms with van der Waals surface area (Å²) in [5.74, 6) is -0.0154. The third-order valence-corrected chi connectivity index (χ3v) is 4.12. The fourth-order valence-corrected chi connectivity index (χ4v) is 2.71. The number of anilines is 1. The van der Waals surface area contributed by atoms with Crippen LogP contribution in [0.4, 0.5) is 5.69 Å². The van der Waals surface area contributed by atoms with Crippen molar-refractivity contribution >= 4 is 45.2 Å². The van der Waals surface area contributed by atoms with Gasteiger partial charge in [0.2, 0.25) is 0 Å². The number of amides is 1. The molecular weight excluding hydrogens is 326 g/mol. The minimum atomic E-state index is -0.0154. The van der Waals surface area contributed by atoms with Crippen LogP contribution in [0.15, 0.2) is 51.4 Å². The Morgan fingerprint density at radius 3 is 2.74 bits per heavy atom. The Kier molecular flexibility index (Phi) is 3.35. The van der Waals surface area contributed by atoms with E-state index in [0.717, 1.165) is 15.0 Å². The summed E-state index contributed by atoms with van der Waals surface area (Å²) in [6.45, 7) is 0.443. The molecule has 2 aromatic rings. The van der Waals surface area contributed by atoms with E-state index in [1.54, 1.807) is 16.2 Å². The molecule has 19 heavy (non-hydrogen) atoms. The Balaban J connectivity index is 1.73. The molecule has 0 aliphatic carbocycles. The van der Waals surface area contributed by atoms with Gasteiger partial charge in [-0.15, -0.1) is 11.3 Å². The largest absolute Gasteiger partial charge is 0.276 e. The maximum atomic E-state index is 12.1. The molecule has 0 atom stereocenters. The van der Waals surface area contributed by atoms with Crippen LogP contribution in [-0.2, 0) is 0 Å². The molecule has 1 amide bonds. The standard InChI is InChI=1S/C13H10BrN3OS/c14-10-3-5-11(6-4-10)17-9-16(8-15-17)13(18)12-2-1-7-19-12/h1-8H,9H2. The molecule has 1 aliphatic rings. The minimum Gasteiger partial charge on any atom is -0.276 e. The van der Waals surface area contributed by atoms with Crippen molar-refractivity contribution in [2.24, 2.45) is 5.10 Å². The summed E-state index contributed by atoms with van der Waals surface area (Å²) < 4.78 is 1.02. The number of benzene rings is 1. The second kappa shape index (κ2) is 5.14. The van der Waals surface area contributed by atoms with Gasteiger partial charge in [0.15, 0.2) is 0 Å². The van der Waals surface area contributed by atoms with Crippen molar-refractivity contribution in [3.05, 3.63) is 51.1 Å². The van der Waals surface area contributed by atoms with E-state index >= 15 is 0 Å². The lowest BCUT2D eigenvalue weighted by molar-refractivity contribution is 0.0865. The summed E-state index contributed by atoms with van der Waals surface area (Å²) in [6, 6.07) is 11.5. The highest BCUT2D eigenvalue weighted by atomic mass is 79.9. The van der Waals surface area contributed by atoms with Gasteiger partial charge in [-0.2, -0.15) is 5.10 Å². The first kappa shape index (κ1) is 12.4. The van der Waals surface area contributed by atoms with Crippen LogP contribution in [-0.4, -0.2) is 23.8 Å². The molecule has 0 radical (unpaired) electrons. The molecule has 0 N–H and O–H groups in total. The highest BCUT2D eigenvalue weighted by Crippen LogP contribution is 2.22. The van der Waals surface area contributed by atoms with Gasteiger partial charge < -0.3 is 0 Å². The predicted octanol–water partition coefficient (Wildman–Crippen LogP) is 3.37. The molecule has 0 saturated carbocycles. The van der Waals surface area contributed by atoms with Crippen LogP contribution in [0.2, 0.25) is 0 Å². The minimum absolute atomic E-state index is 0.0154. The van der Waals surface area contributed by atoms with Crippen LogP contribution in [0.5, 0.6) is 0 Å². The lowest BCUT2D eigenvalue weighted by Crippen LogP contribution is -2.31. The molecule has 1 aromatic heterocycles. The molecular formula is C13H10BrN3OS. The molecule has 96 valence electrons. The van der Waals surface area contributed by atoms with E-state index in [1.165, 1.54) is 11.3 Å². The van der Waals surface area contributed by atoms with Gasteiger partial charge in [-0.05, 0) is 35.7 Å². The van der Waals surface area contributed by atoms with E-state index < -0.39 is 0 Å². The van der Waals surface area contributed by atoms with Crippen LogP contribution < -0.4 is 5.01 Å². The second-order valence-corrected chi connectivity index (χ2v) is 5.86. The molecule has 0 saturated heterocycles. The Bertz CT molecular complexity index is 609. The van der Waals surface area contributed by atoms with Gasteiger partial charge in [-0.25, -0.2) is 5.01 Å². The molecule has 1 aliphatic heterocycles. The normalized spacial score (nSPS) is 14.2. The van der Waals surface area contributed by atoms with Gasteiger partial charge in [0.25, 0.3) is 5.91 Å². The Morgan fingerprint density at radius 2 is 2.05 bits per heavy atom. The van der Waals surface area contributed by atoms with Crippen LogP contribution in [0.25, 0.3) is 0 Å². The summed E-state index contributed by atoms with van der Waals surface area (Å²) in [5.41, 5.74) is 0.959. The lowest BCUT2D eigenvalue weighted by Gasteiger charge is -2.17. The maximum absolute atomic E-state index is 12.1. The molecule has 0 fully saturated rings. The molecule has 0 spiro atoms. The van der Waals surface area contributed by atoms with E-state index in [2.05, 4.69) is 21.0 Å². The summed E-state index contributed by atoms with van der Waals surface area (Å²) in [7, 11) is 0. The molecule has 1 aromatic carbocycles. The van der Waals surface area contributed by atoms with Crippen LogP contribution in [0.1, 0.15) is 9.67 Å². The van der Waals surface area contributed by atoms with E-state index in [1.807, 2.05) is 41.8 Å². The third-order valence-electron chi connectivity index (χ3n) is 2.73. The average Bonchev–Trinajstić information content (AvgIpc) is 3.10. The number of hydrogen-bond acceptors (Lipinski definition) is 4. The average molecular weight is 336 g/mol. The molecule has 0 bridgehead atoms. The maximum Gasteiger partial charge on any atom is 0.270 e. The van der Waals surface area contributed by atoms with Gasteiger partial charge in [0.1, 0.15) is 13.0 Å². The topological polar surface area (TPSA) is 35.9 Å². The number of hydrogen-bond donors (Lipinski definition) is 0. The number of rotatable bonds is 2. The Hall–Kier alpha value is -1.66. The van der Waals surface area contributed by atoms with Crippen molar-refractivity contribution in [2.45, 2.75) is 0 Å². The highest BCUT2D eigenvalue weighted by molar-refractivity contribution is 9.10. The first-order valence-electron chi connectivity index (χ1n) is 5.66. The first-order valence-corrected chi connectivity index (χ1v) is 7.33. The van der Waals surface area contributed by atoms with Crippen LogP contribution in [0.3, 0.4) is 0 Å². The van der Waals surface area contributed by atoms with E-state index in [-0.39, 0.29) is 5.91 Å². The molecule has 2 heterocycles. The van der Waals surface area contributed by atoms with Crippen molar-refractivity contribution in [1.29, 1.82) is 0 Å². The van der Waals surface area contributed by atoms with Gasteiger partial charge in [-0.1, -0.05) is 22.0 Å². The number of thiophene rings is 1. The first-order chi connectivity index (χ1) is 9.24. The Labute approximate surface area is 123 Å². The van der Waals surface area contributed by atoms with Crippen molar-refractivity contribution in [3.8, 4) is 0 Å². The molecule has 3 rings (SSSR count). The molecule has 6 heteroatoms. The number of nitrogens with zero attached hydrogens (tertiary/aromatic N) is 3. The van der Waals surface area contributed by atoms with E-state index in [4.69, 9.17) is 0 Å².